The van der Waals surface area contributed by atoms with Gasteiger partial charge in [-0.3, -0.25) is 14.2 Å². The zero-order chi connectivity index (χ0) is 22.8. The lowest BCUT2D eigenvalue weighted by molar-refractivity contribution is 0.0938. The third-order valence-corrected chi connectivity index (χ3v) is 5.54. The van der Waals surface area contributed by atoms with E-state index in [9.17, 15) is 18.4 Å². The van der Waals surface area contributed by atoms with Crippen molar-refractivity contribution in [3.63, 3.8) is 0 Å². The van der Waals surface area contributed by atoms with Crippen molar-refractivity contribution in [2.24, 2.45) is 0 Å². The minimum absolute atomic E-state index is 0.0477. The third kappa shape index (κ3) is 4.60. The van der Waals surface area contributed by atoms with Crippen LogP contribution in [0.25, 0.3) is 11.0 Å². The fourth-order valence-electron chi connectivity index (χ4n) is 3.43. The summed E-state index contributed by atoms with van der Waals surface area (Å²) in [7, 11) is 0. The highest BCUT2D eigenvalue weighted by molar-refractivity contribution is 9.10. The Morgan fingerprint density at radius 1 is 1.06 bits per heavy atom. The van der Waals surface area contributed by atoms with Crippen molar-refractivity contribution >= 4 is 32.9 Å². The molecule has 4 rings (SSSR count). The molecule has 1 atom stereocenters. The summed E-state index contributed by atoms with van der Waals surface area (Å²) in [6, 6.07) is 14.4. The second kappa shape index (κ2) is 9.00. The van der Waals surface area contributed by atoms with Crippen LogP contribution in [-0.4, -0.2) is 15.5 Å². The number of benzene rings is 2. The monoisotopic (exact) mass is 497 g/mol. The van der Waals surface area contributed by atoms with E-state index in [1.165, 1.54) is 34.9 Å². The Balaban J connectivity index is 1.74. The molecular weight excluding hydrogens is 480 g/mol. The van der Waals surface area contributed by atoms with Gasteiger partial charge in [-0.05, 0) is 70.4 Å². The van der Waals surface area contributed by atoms with E-state index in [2.05, 4.69) is 26.2 Å². The maximum Gasteiger partial charge on any atom is 0.265 e. The van der Waals surface area contributed by atoms with Crippen molar-refractivity contribution in [3.05, 3.63) is 110 Å². The first-order valence-electron chi connectivity index (χ1n) is 9.81. The van der Waals surface area contributed by atoms with Gasteiger partial charge in [-0.15, -0.1) is 0 Å². The zero-order valence-corrected chi connectivity index (χ0v) is 18.6. The number of fused-ring (bicyclic) bond motifs is 1. The van der Waals surface area contributed by atoms with Crippen molar-refractivity contribution < 1.29 is 13.6 Å². The standard InChI is InChI=1S/C24H18BrF2N3O2/c1-14(16-4-8-20(27)9-5-16)29-23(31)21-11-17-10-18(25)12-28-22(17)30(24(21)32)13-15-2-6-19(26)7-3-15/h2-12,14H,13H2,1H3,(H,29,31). The van der Waals surface area contributed by atoms with Crippen LogP contribution in [0.1, 0.15) is 34.5 Å². The molecule has 0 saturated carbocycles. The summed E-state index contributed by atoms with van der Waals surface area (Å²) < 4.78 is 28.6. The number of pyridine rings is 2. The first-order chi connectivity index (χ1) is 15.3. The minimum Gasteiger partial charge on any atom is -0.345 e. The van der Waals surface area contributed by atoms with Gasteiger partial charge in [0.25, 0.3) is 11.5 Å². The van der Waals surface area contributed by atoms with Crippen molar-refractivity contribution in [1.29, 1.82) is 0 Å². The van der Waals surface area contributed by atoms with E-state index in [0.717, 1.165) is 0 Å². The molecule has 162 valence electrons. The molecule has 1 amide bonds. The number of halogens is 3. The lowest BCUT2D eigenvalue weighted by atomic mass is 10.1. The number of nitrogens with zero attached hydrogens (tertiary/aromatic N) is 2. The van der Waals surface area contributed by atoms with Crippen LogP contribution < -0.4 is 10.9 Å². The topological polar surface area (TPSA) is 64.0 Å². The van der Waals surface area contributed by atoms with Gasteiger partial charge in [0.05, 0.1) is 12.6 Å². The zero-order valence-electron chi connectivity index (χ0n) is 17.0. The molecule has 1 N–H and O–H groups in total. The lowest BCUT2D eigenvalue weighted by Crippen LogP contribution is -2.35. The van der Waals surface area contributed by atoms with Gasteiger partial charge in [-0.25, -0.2) is 13.8 Å². The van der Waals surface area contributed by atoms with Gasteiger partial charge in [0.1, 0.15) is 22.8 Å². The van der Waals surface area contributed by atoms with Crippen LogP contribution >= 0.6 is 15.9 Å². The Labute approximate surface area is 190 Å². The second-order valence-electron chi connectivity index (χ2n) is 7.39. The SMILES string of the molecule is CC(NC(=O)c1cc2cc(Br)cnc2n(Cc2ccc(F)cc2)c1=O)c1ccc(F)cc1. The molecule has 2 heterocycles. The van der Waals surface area contributed by atoms with Gasteiger partial charge in [0, 0.05) is 16.1 Å². The number of amides is 1. The summed E-state index contributed by atoms with van der Waals surface area (Å²) in [5, 5.41) is 3.39. The summed E-state index contributed by atoms with van der Waals surface area (Å²) in [5.41, 5.74) is 1.24. The molecule has 32 heavy (non-hydrogen) atoms. The summed E-state index contributed by atoms with van der Waals surface area (Å²) in [6.07, 6.45) is 1.57. The van der Waals surface area contributed by atoms with Gasteiger partial charge in [-0.2, -0.15) is 0 Å². The van der Waals surface area contributed by atoms with E-state index in [0.29, 0.717) is 26.6 Å². The van der Waals surface area contributed by atoms with Crippen LogP contribution in [0.2, 0.25) is 0 Å². The number of hydrogen-bond acceptors (Lipinski definition) is 3. The summed E-state index contributed by atoms with van der Waals surface area (Å²) in [6.45, 7) is 1.88. The highest BCUT2D eigenvalue weighted by Crippen LogP contribution is 2.19. The van der Waals surface area contributed by atoms with E-state index >= 15 is 0 Å². The number of rotatable bonds is 5. The molecule has 0 radical (unpaired) electrons. The van der Waals surface area contributed by atoms with Gasteiger partial charge < -0.3 is 5.32 Å². The smallest absolute Gasteiger partial charge is 0.265 e. The Hall–Kier alpha value is -3.39. The molecule has 0 aliphatic rings. The van der Waals surface area contributed by atoms with Crippen LogP contribution in [0.5, 0.6) is 0 Å². The van der Waals surface area contributed by atoms with E-state index < -0.39 is 17.5 Å². The normalized spacial score (nSPS) is 12.0. The number of carbonyl (C=O) groups excluding carboxylic acids is 1. The summed E-state index contributed by atoms with van der Waals surface area (Å²) in [4.78, 5) is 30.6. The summed E-state index contributed by atoms with van der Waals surface area (Å²) in [5.74, 6) is -1.30. The van der Waals surface area contributed by atoms with Crippen molar-refractivity contribution in [2.75, 3.05) is 0 Å². The molecule has 0 aliphatic heterocycles. The van der Waals surface area contributed by atoms with Gasteiger partial charge in [-0.1, -0.05) is 24.3 Å². The molecule has 0 fully saturated rings. The van der Waals surface area contributed by atoms with Crippen LogP contribution in [0.3, 0.4) is 0 Å². The first-order valence-corrected chi connectivity index (χ1v) is 10.6. The van der Waals surface area contributed by atoms with Crippen LogP contribution in [0.4, 0.5) is 8.78 Å². The largest absolute Gasteiger partial charge is 0.345 e. The molecular formula is C24H18BrF2N3O2. The van der Waals surface area contributed by atoms with E-state index in [4.69, 9.17) is 0 Å². The van der Waals surface area contributed by atoms with Crippen LogP contribution in [0, 0.1) is 11.6 Å². The third-order valence-electron chi connectivity index (χ3n) is 5.11. The van der Waals surface area contributed by atoms with E-state index in [1.807, 2.05) is 0 Å². The predicted molar refractivity (Wildman–Crippen MR) is 121 cm³/mol. The predicted octanol–water partition coefficient (Wildman–Crippen LogP) is 4.98. The fraction of sp³-hybridized carbons (Fsp3) is 0.125. The van der Waals surface area contributed by atoms with Crippen LogP contribution in [0.15, 0.2) is 76.1 Å². The molecule has 1 unspecified atom stereocenters. The Bertz CT molecular complexity index is 1350. The maximum atomic E-state index is 13.3. The number of aromatic nitrogens is 2. The fourth-order valence-corrected chi connectivity index (χ4v) is 3.78. The molecule has 0 bridgehead atoms. The maximum absolute atomic E-state index is 13.3. The Morgan fingerprint density at radius 2 is 1.69 bits per heavy atom. The number of hydrogen-bond donors (Lipinski definition) is 1. The van der Waals surface area contributed by atoms with Gasteiger partial charge in [0.15, 0.2) is 0 Å². The molecule has 5 nitrogen and oxygen atoms in total. The van der Waals surface area contributed by atoms with Crippen molar-refractivity contribution in [3.8, 4) is 0 Å². The van der Waals surface area contributed by atoms with E-state index in [-0.39, 0.29) is 23.7 Å². The first kappa shape index (κ1) is 21.8. The summed E-state index contributed by atoms with van der Waals surface area (Å²) >= 11 is 3.37. The molecule has 0 saturated heterocycles. The van der Waals surface area contributed by atoms with Gasteiger partial charge in [0.2, 0.25) is 0 Å². The average molecular weight is 498 g/mol. The highest BCUT2D eigenvalue weighted by atomic mass is 79.9. The molecule has 0 spiro atoms. The van der Waals surface area contributed by atoms with Crippen molar-refractivity contribution in [2.45, 2.75) is 19.5 Å². The Kier molecular flexibility index (Phi) is 6.14. The minimum atomic E-state index is -0.554. The lowest BCUT2D eigenvalue weighted by Gasteiger charge is -2.16. The second-order valence-corrected chi connectivity index (χ2v) is 8.30. The Morgan fingerprint density at radius 3 is 2.34 bits per heavy atom. The molecule has 2 aromatic heterocycles. The van der Waals surface area contributed by atoms with E-state index in [1.54, 1.807) is 43.5 Å². The molecule has 8 heteroatoms. The van der Waals surface area contributed by atoms with Gasteiger partial charge >= 0.3 is 0 Å². The molecule has 0 aliphatic carbocycles. The van der Waals surface area contributed by atoms with Crippen LogP contribution in [-0.2, 0) is 6.54 Å². The quantitative estimate of drug-likeness (QED) is 0.423. The highest BCUT2D eigenvalue weighted by Gasteiger charge is 2.19. The number of nitrogens with one attached hydrogen (secondary N) is 1. The average Bonchev–Trinajstić information content (AvgIpc) is 2.77. The molecule has 4 aromatic rings. The van der Waals surface area contributed by atoms with Crippen molar-refractivity contribution in [1.82, 2.24) is 14.9 Å². The number of carbonyl (C=O) groups is 1. The molecule has 2 aromatic carbocycles.